The van der Waals surface area contributed by atoms with Crippen LogP contribution in [0.5, 0.6) is 0 Å². The Balaban J connectivity index is 2.34. The number of aliphatic imine (C=N–C) groups is 1. The van der Waals surface area contributed by atoms with Crippen LogP contribution in [0.25, 0.3) is 0 Å². The van der Waals surface area contributed by atoms with E-state index in [2.05, 4.69) is 29.1 Å². The third kappa shape index (κ3) is 5.63. The van der Waals surface area contributed by atoms with Crippen molar-refractivity contribution in [1.82, 2.24) is 10.3 Å². The predicted molar refractivity (Wildman–Crippen MR) is 73.1 cm³/mol. The van der Waals surface area contributed by atoms with E-state index < -0.39 is 6.10 Å². The maximum absolute atomic E-state index is 9.86. The first-order chi connectivity index (χ1) is 8.59. The number of nitrogens with one attached hydrogen (secondary N) is 1. The third-order valence-electron chi connectivity index (χ3n) is 2.55. The van der Waals surface area contributed by atoms with Crippen LogP contribution in [0.2, 0.25) is 0 Å². The van der Waals surface area contributed by atoms with Gasteiger partial charge < -0.3 is 16.2 Å². The Bertz CT molecular complexity index is 365. The molecule has 0 spiro atoms. The molecule has 1 heterocycles. The highest BCUT2D eigenvalue weighted by atomic mass is 16.3. The lowest BCUT2D eigenvalue weighted by atomic mass is 10.1. The number of guanidine groups is 1. The van der Waals surface area contributed by atoms with Gasteiger partial charge in [-0.15, -0.1) is 0 Å². The van der Waals surface area contributed by atoms with Crippen molar-refractivity contribution in [2.75, 3.05) is 13.1 Å². The summed E-state index contributed by atoms with van der Waals surface area (Å²) in [7, 11) is 0. The zero-order valence-electron chi connectivity index (χ0n) is 11.0. The molecule has 0 aliphatic heterocycles. The predicted octanol–water partition coefficient (Wildman–Crippen LogP) is 1.07. The minimum atomic E-state index is -0.640. The largest absolute Gasteiger partial charge is 0.386 e. The minimum Gasteiger partial charge on any atom is -0.386 e. The summed E-state index contributed by atoms with van der Waals surface area (Å²) in [5.41, 5.74) is 6.50. The summed E-state index contributed by atoms with van der Waals surface area (Å²) in [4.78, 5) is 8.01. The van der Waals surface area contributed by atoms with E-state index >= 15 is 0 Å². The van der Waals surface area contributed by atoms with Gasteiger partial charge in [0.05, 0.1) is 12.6 Å². The van der Waals surface area contributed by atoms with Gasteiger partial charge >= 0.3 is 0 Å². The fourth-order valence-corrected chi connectivity index (χ4v) is 1.42. The molecule has 4 N–H and O–H groups in total. The number of nitrogens with zero attached hydrogens (tertiary/aromatic N) is 2. The molecule has 0 bridgehead atoms. The highest BCUT2D eigenvalue weighted by molar-refractivity contribution is 5.77. The number of nitrogens with two attached hydrogens (primary N) is 1. The molecule has 0 amide bonds. The first kappa shape index (κ1) is 14.4. The lowest BCUT2D eigenvalue weighted by Crippen LogP contribution is -2.33. The summed E-state index contributed by atoms with van der Waals surface area (Å²) in [6.45, 7) is 5.37. The number of rotatable bonds is 6. The Labute approximate surface area is 108 Å². The molecule has 0 aromatic carbocycles. The van der Waals surface area contributed by atoms with Gasteiger partial charge in [0.15, 0.2) is 5.96 Å². The molecule has 0 fully saturated rings. The molecular weight excluding hydrogens is 228 g/mol. The molecule has 5 heteroatoms. The smallest absolute Gasteiger partial charge is 0.188 e. The molecule has 1 rings (SSSR count). The number of aliphatic hydroxyl groups is 1. The monoisotopic (exact) mass is 250 g/mol. The molecule has 5 nitrogen and oxygen atoms in total. The van der Waals surface area contributed by atoms with E-state index in [0.717, 1.165) is 18.5 Å². The van der Waals surface area contributed by atoms with E-state index in [0.29, 0.717) is 11.9 Å². The van der Waals surface area contributed by atoms with Gasteiger partial charge in [0, 0.05) is 18.9 Å². The normalized spacial score (nSPS) is 13.7. The Morgan fingerprint density at radius 2 is 2.11 bits per heavy atom. The van der Waals surface area contributed by atoms with Crippen LogP contribution >= 0.6 is 0 Å². The summed E-state index contributed by atoms with van der Waals surface area (Å²) in [5.74, 6) is 1.01. The standard InChI is InChI=1S/C13H22N4O/c1-10(2)3-8-16-13(14)17-9-12(18)11-4-6-15-7-5-11/h4-7,10,12,18H,3,8-9H2,1-2H3,(H3,14,16,17). The molecule has 1 atom stereocenters. The fraction of sp³-hybridized carbons (Fsp3) is 0.538. The van der Waals surface area contributed by atoms with Crippen molar-refractivity contribution in [3.05, 3.63) is 30.1 Å². The van der Waals surface area contributed by atoms with Gasteiger partial charge in [0.2, 0.25) is 0 Å². The zero-order chi connectivity index (χ0) is 13.4. The molecule has 1 unspecified atom stereocenters. The molecular formula is C13H22N4O. The fourth-order valence-electron chi connectivity index (χ4n) is 1.42. The first-order valence-electron chi connectivity index (χ1n) is 6.21. The zero-order valence-corrected chi connectivity index (χ0v) is 11.0. The second-order valence-corrected chi connectivity index (χ2v) is 4.63. The highest BCUT2D eigenvalue weighted by Crippen LogP contribution is 2.10. The average Bonchev–Trinajstić information content (AvgIpc) is 2.36. The lowest BCUT2D eigenvalue weighted by molar-refractivity contribution is 0.187. The van der Waals surface area contributed by atoms with Crippen LogP contribution in [0.1, 0.15) is 31.9 Å². The van der Waals surface area contributed by atoms with Crippen molar-refractivity contribution in [3.63, 3.8) is 0 Å². The Morgan fingerprint density at radius 3 is 2.72 bits per heavy atom. The third-order valence-corrected chi connectivity index (χ3v) is 2.55. The average molecular weight is 250 g/mol. The molecule has 1 aromatic rings. The quantitative estimate of drug-likeness (QED) is 0.521. The number of pyridine rings is 1. The Kier molecular flexibility index (Phi) is 6.14. The minimum absolute atomic E-state index is 0.254. The van der Waals surface area contributed by atoms with Crippen LogP contribution in [-0.2, 0) is 0 Å². The molecule has 100 valence electrons. The lowest BCUT2D eigenvalue weighted by Gasteiger charge is -2.10. The molecule has 1 aromatic heterocycles. The second-order valence-electron chi connectivity index (χ2n) is 4.63. The summed E-state index contributed by atoms with van der Waals surface area (Å²) in [6.07, 6.45) is 3.70. The van der Waals surface area contributed by atoms with Gasteiger partial charge in [0.25, 0.3) is 0 Å². The second kappa shape index (κ2) is 7.66. The Morgan fingerprint density at radius 1 is 1.44 bits per heavy atom. The molecule has 18 heavy (non-hydrogen) atoms. The number of aromatic nitrogens is 1. The van der Waals surface area contributed by atoms with Crippen LogP contribution in [0.4, 0.5) is 0 Å². The summed E-state index contributed by atoms with van der Waals surface area (Å²) in [6, 6.07) is 3.53. The van der Waals surface area contributed by atoms with Crippen LogP contribution < -0.4 is 11.1 Å². The number of aliphatic hydroxyl groups excluding tert-OH is 1. The molecule has 0 radical (unpaired) electrons. The van der Waals surface area contributed by atoms with E-state index in [1.54, 1.807) is 24.5 Å². The maximum Gasteiger partial charge on any atom is 0.188 e. The summed E-state index contributed by atoms with van der Waals surface area (Å²) in [5, 5.41) is 12.9. The van der Waals surface area contributed by atoms with E-state index in [4.69, 9.17) is 5.73 Å². The summed E-state index contributed by atoms with van der Waals surface area (Å²) < 4.78 is 0. The topological polar surface area (TPSA) is 83.5 Å². The van der Waals surface area contributed by atoms with Crippen molar-refractivity contribution in [2.45, 2.75) is 26.4 Å². The first-order valence-corrected chi connectivity index (χ1v) is 6.21. The Hall–Kier alpha value is -1.62. The molecule has 0 aliphatic rings. The maximum atomic E-state index is 9.86. The van der Waals surface area contributed by atoms with Gasteiger partial charge in [-0.05, 0) is 30.0 Å². The van der Waals surface area contributed by atoms with Crippen LogP contribution in [-0.4, -0.2) is 29.1 Å². The summed E-state index contributed by atoms with van der Waals surface area (Å²) >= 11 is 0. The van der Waals surface area contributed by atoms with Crippen molar-refractivity contribution in [3.8, 4) is 0 Å². The van der Waals surface area contributed by atoms with Crippen molar-refractivity contribution < 1.29 is 5.11 Å². The van der Waals surface area contributed by atoms with Gasteiger partial charge in [-0.25, -0.2) is 0 Å². The highest BCUT2D eigenvalue weighted by Gasteiger charge is 2.05. The van der Waals surface area contributed by atoms with Gasteiger partial charge in [0.1, 0.15) is 0 Å². The van der Waals surface area contributed by atoms with E-state index in [1.807, 2.05) is 0 Å². The number of hydrogen-bond acceptors (Lipinski definition) is 3. The number of hydrogen-bond donors (Lipinski definition) is 3. The van der Waals surface area contributed by atoms with Crippen LogP contribution in [0, 0.1) is 5.92 Å². The van der Waals surface area contributed by atoms with E-state index in [9.17, 15) is 5.11 Å². The van der Waals surface area contributed by atoms with E-state index in [1.165, 1.54) is 0 Å². The van der Waals surface area contributed by atoms with E-state index in [-0.39, 0.29) is 6.54 Å². The SMILES string of the molecule is CC(C)CCNC(N)=NCC(O)c1ccncc1. The van der Waals surface area contributed by atoms with Crippen molar-refractivity contribution in [1.29, 1.82) is 0 Å². The molecule has 0 saturated carbocycles. The van der Waals surface area contributed by atoms with Gasteiger partial charge in [-0.2, -0.15) is 0 Å². The van der Waals surface area contributed by atoms with Gasteiger partial charge in [-0.1, -0.05) is 13.8 Å². The van der Waals surface area contributed by atoms with Crippen LogP contribution in [0.3, 0.4) is 0 Å². The van der Waals surface area contributed by atoms with Gasteiger partial charge in [-0.3, -0.25) is 9.98 Å². The molecule has 0 aliphatic carbocycles. The van der Waals surface area contributed by atoms with Crippen LogP contribution in [0.15, 0.2) is 29.5 Å². The molecule has 0 saturated heterocycles. The van der Waals surface area contributed by atoms with Crippen molar-refractivity contribution >= 4 is 5.96 Å². The van der Waals surface area contributed by atoms with Crippen molar-refractivity contribution in [2.24, 2.45) is 16.6 Å².